The third-order valence-electron chi connectivity index (χ3n) is 4.96. The van der Waals surface area contributed by atoms with Crippen molar-refractivity contribution in [1.29, 1.82) is 0 Å². The molecule has 0 radical (unpaired) electrons. The van der Waals surface area contributed by atoms with Crippen molar-refractivity contribution in [1.82, 2.24) is 15.0 Å². The van der Waals surface area contributed by atoms with Crippen LogP contribution in [-0.4, -0.2) is 47.3 Å². The largest absolute Gasteiger partial charge is 0.497 e. The molecule has 1 aliphatic carbocycles. The molecule has 2 fully saturated rings. The van der Waals surface area contributed by atoms with E-state index in [1.54, 1.807) is 12.0 Å². The van der Waals surface area contributed by atoms with E-state index in [1.165, 1.54) is 0 Å². The van der Waals surface area contributed by atoms with Gasteiger partial charge in [-0.25, -0.2) is 0 Å². The highest BCUT2D eigenvalue weighted by Gasteiger charge is 2.39. The lowest BCUT2D eigenvalue weighted by Gasteiger charge is -2.37. The van der Waals surface area contributed by atoms with E-state index >= 15 is 0 Å². The summed E-state index contributed by atoms with van der Waals surface area (Å²) in [4.78, 5) is 19.3. The maximum absolute atomic E-state index is 13.0. The van der Waals surface area contributed by atoms with Crippen molar-refractivity contribution in [2.24, 2.45) is 0 Å². The van der Waals surface area contributed by atoms with Crippen molar-refractivity contribution in [3.05, 3.63) is 41.5 Å². The van der Waals surface area contributed by atoms with Crippen LogP contribution in [0.5, 0.6) is 5.75 Å². The van der Waals surface area contributed by atoms with Crippen LogP contribution >= 0.6 is 0 Å². The number of hydrogen-bond donors (Lipinski definition) is 0. The number of ether oxygens (including phenoxy) is 2. The molecule has 4 rings (SSSR count). The SMILES string of the molecule is COc1cccc(CC(=O)N2CCO[C@H](C)[C@H]2c2nc(C3CC3)no2)c1. The molecule has 0 unspecified atom stereocenters. The van der Waals surface area contributed by atoms with Gasteiger partial charge >= 0.3 is 0 Å². The number of hydrogen-bond acceptors (Lipinski definition) is 6. The molecular formula is C19H23N3O4. The molecule has 1 saturated heterocycles. The van der Waals surface area contributed by atoms with E-state index in [1.807, 2.05) is 31.2 Å². The highest BCUT2D eigenvalue weighted by Crippen LogP contribution is 2.39. The number of rotatable bonds is 5. The van der Waals surface area contributed by atoms with Crippen LogP contribution in [0.1, 0.15) is 49.0 Å². The van der Waals surface area contributed by atoms with Gasteiger partial charge in [-0.3, -0.25) is 4.79 Å². The van der Waals surface area contributed by atoms with Crippen LogP contribution in [0.15, 0.2) is 28.8 Å². The second kappa shape index (κ2) is 7.07. The molecule has 2 heterocycles. The molecular weight excluding hydrogens is 334 g/mol. The molecule has 138 valence electrons. The number of carbonyl (C=O) groups is 1. The second-order valence-electron chi connectivity index (χ2n) is 6.90. The standard InChI is InChI=1S/C19H23N3O4/c1-12-17(19-20-18(21-26-19)14-6-7-14)22(8-9-25-12)16(23)11-13-4-3-5-15(10-13)24-2/h3-5,10,12,14,17H,6-9,11H2,1-2H3/t12-,17+/m1/s1. The van der Waals surface area contributed by atoms with Gasteiger partial charge in [0.15, 0.2) is 5.82 Å². The van der Waals surface area contributed by atoms with Crippen LogP contribution in [0.2, 0.25) is 0 Å². The van der Waals surface area contributed by atoms with Crippen LogP contribution in [0.25, 0.3) is 0 Å². The fourth-order valence-electron chi connectivity index (χ4n) is 3.37. The average Bonchev–Trinajstić information content (AvgIpc) is 3.39. The first-order valence-electron chi connectivity index (χ1n) is 9.03. The Morgan fingerprint density at radius 3 is 3.00 bits per heavy atom. The predicted octanol–water partition coefficient (Wildman–Crippen LogP) is 2.49. The minimum absolute atomic E-state index is 0.0181. The summed E-state index contributed by atoms with van der Waals surface area (Å²) in [5.74, 6) is 2.39. The highest BCUT2D eigenvalue weighted by atomic mass is 16.5. The van der Waals surface area contributed by atoms with E-state index in [0.717, 1.165) is 30.0 Å². The Bertz CT molecular complexity index is 787. The first-order chi connectivity index (χ1) is 12.7. The van der Waals surface area contributed by atoms with E-state index in [9.17, 15) is 4.79 Å². The van der Waals surface area contributed by atoms with E-state index in [2.05, 4.69) is 10.1 Å². The number of amides is 1. The zero-order valence-electron chi connectivity index (χ0n) is 15.1. The summed E-state index contributed by atoms with van der Waals surface area (Å²) in [6.07, 6.45) is 2.32. The Kier molecular flexibility index (Phi) is 4.63. The number of aromatic nitrogens is 2. The molecule has 0 N–H and O–H groups in total. The van der Waals surface area contributed by atoms with Gasteiger partial charge in [-0.05, 0) is 37.5 Å². The van der Waals surface area contributed by atoms with Crippen molar-refractivity contribution in [2.75, 3.05) is 20.3 Å². The van der Waals surface area contributed by atoms with Gasteiger partial charge in [-0.1, -0.05) is 17.3 Å². The molecule has 7 heteroatoms. The lowest BCUT2D eigenvalue weighted by atomic mass is 10.1. The third kappa shape index (κ3) is 3.44. The van der Waals surface area contributed by atoms with Gasteiger partial charge in [0.05, 0.1) is 26.2 Å². The van der Waals surface area contributed by atoms with Gasteiger partial charge in [0.2, 0.25) is 5.91 Å². The molecule has 1 aromatic carbocycles. The molecule has 1 aliphatic heterocycles. The van der Waals surface area contributed by atoms with E-state index in [-0.39, 0.29) is 18.1 Å². The smallest absolute Gasteiger partial charge is 0.252 e. The molecule has 2 aliphatic rings. The Labute approximate surface area is 152 Å². The van der Waals surface area contributed by atoms with Gasteiger partial charge in [0, 0.05) is 12.5 Å². The zero-order chi connectivity index (χ0) is 18.1. The van der Waals surface area contributed by atoms with E-state index in [0.29, 0.717) is 31.4 Å². The van der Waals surface area contributed by atoms with Crippen molar-refractivity contribution in [2.45, 2.75) is 44.2 Å². The minimum Gasteiger partial charge on any atom is -0.497 e. The molecule has 7 nitrogen and oxygen atoms in total. The lowest BCUT2D eigenvalue weighted by Crippen LogP contribution is -2.47. The Balaban J connectivity index is 1.54. The van der Waals surface area contributed by atoms with Gasteiger partial charge < -0.3 is 18.9 Å². The normalized spacial score (nSPS) is 23.1. The summed E-state index contributed by atoms with van der Waals surface area (Å²) in [5.41, 5.74) is 0.913. The van der Waals surface area contributed by atoms with Crippen molar-refractivity contribution in [3.63, 3.8) is 0 Å². The number of morpholine rings is 1. The summed E-state index contributed by atoms with van der Waals surface area (Å²) < 4.78 is 16.5. The summed E-state index contributed by atoms with van der Waals surface area (Å²) in [5, 5.41) is 4.09. The third-order valence-corrected chi connectivity index (χ3v) is 4.96. The fraction of sp³-hybridized carbons (Fsp3) is 0.526. The predicted molar refractivity (Wildman–Crippen MR) is 92.8 cm³/mol. The summed E-state index contributed by atoms with van der Waals surface area (Å²) in [6, 6.07) is 7.22. The molecule has 2 aromatic rings. The quantitative estimate of drug-likeness (QED) is 0.818. The van der Waals surface area contributed by atoms with Gasteiger partial charge in [-0.15, -0.1) is 0 Å². The molecule has 2 atom stereocenters. The average molecular weight is 357 g/mol. The highest BCUT2D eigenvalue weighted by molar-refractivity contribution is 5.79. The monoisotopic (exact) mass is 357 g/mol. The summed E-state index contributed by atoms with van der Waals surface area (Å²) in [7, 11) is 1.62. The first-order valence-corrected chi connectivity index (χ1v) is 9.03. The lowest BCUT2D eigenvalue weighted by molar-refractivity contribution is -0.146. The van der Waals surface area contributed by atoms with E-state index in [4.69, 9.17) is 14.0 Å². The van der Waals surface area contributed by atoms with Crippen LogP contribution in [0, 0.1) is 0 Å². The van der Waals surface area contributed by atoms with Crippen molar-refractivity contribution >= 4 is 5.91 Å². The van der Waals surface area contributed by atoms with Gasteiger partial charge in [-0.2, -0.15) is 4.98 Å². The number of nitrogens with zero attached hydrogens (tertiary/aromatic N) is 3. The maximum atomic E-state index is 13.0. The van der Waals surface area contributed by atoms with Crippen LogP contribution < -0.4 is 4.74 Å². The van der Waals surface area contributed by atoms with Gasteiger partial charge in [0.25, 0.3) is 5.89 Å². The number of carbonyl (C=O) groups excluding carboxylic acids is 1. The Morgan fingerprint density at radius 2 is 2.23 bits per heavy atom. The zero-order valence-corrected chi connectivity index (χ0v) is 15.1. The molecule has 0 bridgehead atoms. The van der Waals surface area contributed by atoms with Crippen LogP contribution in [0.4, 0.5) is 0 Å². The molecule has 1 aromatic heterocycles. The van der Waals surface area contributed by atoms with Crippen molar-refractivity contribution in [3.8, 4) is 5.75 Å². The van der Waals surface area contributed by atoms with Gasteiger partial charge in [0.1, 0.15) is 11.8 Å². The number of benzene rings is 1. The molecule has 1 saturated carbocycles. The number of methoxy groups -OCH3 is 1. The summed E-state index contributed by atoms with van der Waals surface area (Å²) >= 11 is 0. The second-order valence-corrected chi connectivity index (χ2v) is 6.90. The molecule has 0 spiro atoms. The molecule has 26 heavy (non-hydrogen) atoms. The minimum atomic E-state index is -0.346. The maximum Gasteiger partial charge on any atom is 0.252 e. The fourth-order valence-corrected chi connectivity index (χ4v) is 3.37. The summed E-state index contributed by atoms with van der Waals surface area (Å²) in [6.45, 7) is 2.96. The Hall–Kier alpha value is -2.41. The van der Waals surface area contributed by atoms with Crippen molar-refractivity contribution < 1.29 is 18.8 Å². The van der Waals surface area contributed by atoms with Crippen LogP contribution in [0.3, 0.4) is 0 Å². The topological polar surface area (TPSA) is 77.7 Å². The first kappa shape index (κ1) is 17.0. The Morgan fingerprint density at radius 1 is 1.38 bits per heavy atom. The van der Waals surface area contributed by atoms with E-state index < -0.39 is 0 Å². The molecule has 1 amide bonds. The van der Waals surface area contributed by atoms with Crippen LogP contribution in [-0.2, 0) is 16.0 Å².